The molecule has 0 aromatic carbocycles. The van der Waals surface area contributed by atoms with Gasteiger partial charge in [0.2, 0.25) is 0 Å². The molecule has 0 rings (SSSR count). The van der Waals surface area contributed by atoms with Crippen LogP contribution in [-0.2, 0) is 18.3 Å². The number of ether oxygens (including phenoxy) is 1. The van der Waals surface area contributed by atoms with Crippen LogP contribution in [0.5, 0.6) is 0 Å². The van der Waals surface area contributed by atoms with Gasteiger partial charge in [-0.3, -0.25) is 4.57 Å². The van der Waals surface area contributed by atoms with E-state index in [1.807, 2.05) is 13.8 Å². The Morgan fingerprint density at radius 1 is 1.13 bits per heavy atom. The van der Waals surface area contributed by atoms with Gasteiger partial charge in [-0.25, -0.2) is 0 Å². The highest BCUT2D eigenvalue weighted by molar-refractivity contribution is 7.54. The van der Waals surface area contributed by atoms with Gasteiger partial charge in [-0.1, -0.05) is 0 Å². The summed E-state index contributed by atoms with van der Waals surface area (Å²) < 4.78 is 27.5. The Bertz CT molecular complexity index is 228. The molecule has 0 aliphatic rings. The molecule has 15 heavy (non-hydrogen) atoms. The first-order valence-corrected chi connectivity index (χ1v) is 6.96. The maximum absolute atomic E-state index is 12.0. The van der Waals surface area contributed by atoms with Crippen LogP contribution in [-0.4, -0.2) is 26.0 Å². The zero-order valence-electron chi connectivity index (χ0n) is 9.99. The molecule has 0 aliphatic carbocycles. The molecule has 5 heteroatoms. The highest BCUT2D eigenvalue weighted by atomic mass is 31.2. The second-order valence-electron chi connectivity index (χ2n) is 3.02. The Hall–Kier alpha value is -0.310. The molecule has 0 amide bonds. The molecular weight excluding hydrogens is 215 g/mol. The van der Waals surface area contributed by atoms with Gasteiger partial charge in [-0.05, 0) is 33.3 Å². The highest BCUT2D eigenvalue weighted by Crippen LogP contribution is 2.49. The topological polar surface area (TPSA) is 44.8 Å². The van der Waals surface area contributed by atoms with Crippen molar-refractivity contribution in [2.24, 2.45) is 0 Å². The summed E-state index contributed by atoms with van der Waals surface area (Å²) >= 11 is 0. The summed E-state index contributed by atoms with van der Waals surface area (Å²) in [5.41, 5.74) is 0.863. The van der Waals surface area contributed by atoms with Crippen LogP contribution >= 0.6 is 7.60 Å². The molecule has 0 radical (unpaired) electrons. The Morgan fingerprint density at radius 3 is 2.07 bits per heavy atom. The molecule has 0 aliphatic heterocycles. The van der Waals surface area contributed by atoms with Crippen molar-refractivity contribution in [2.45, 2.75) is 27.7 Å². The largest absolute Gasteiger partial charge is 0.502 e. The number of allylic oxidation sites excluding steroid dienone is 1. The van der Waals surface area contributed by atoms with Gasteiger partial charge in [0.25, 0.3) is 0 Å². The van der Waals surface area contributed by atoms with Gasteiger partial charge in [0, 0.05) is 0 Å². The fourth-order valence-corrected chi connectivity index (χ4v) is 2.82. The van der Waals surface area contributed by atoms with E-state index < -0.39 is 7.60 Å². The summed E-state index contributed by atoms with van der Waals surface area (Å²) in [6.45, 7) is 8.72. The van der Waals surface area contributed by atoms with Crippen LogP contribution in [0.2, 0.25) is 0 Å². The van der Waals surface area contributed by atoms with Gasteiger partial charge < -0.3 is 13.8 Å². The van der Waals surface area contributed by atoms with Crippen LogP contribution in [0.1, 0.15) is 27.7 Å². The van der Waals surface area contributed by atoms with Crippen LogP contribution in [0.3, 0.4) is 0 Å². The lowest BCUT2D eigenvalue weighted by Crippen LogP contribution is -2.01. The lowest BCUT2D eigenvalue weighted by Gasteiger charge is -2.16. The van der Waals surface area contributed by atoms with Crippen molar-refractivity contribution in [1.82, 2.24) is 0 Å². The Kier molecular flexibility index (Phi) is 7.75. The summed E-state index contributed by atoms with van der Waals surface area (Å²) in [4.78, 5) is 0. The standard InChI is InChI=1S/C10H21O4P/c1-5-12-8-10(4)9-15(11,13-6-2)14-7-3/h8H,5-7,9H2,1-4H3/b10-8-. The number of hydrogen-bond donors (Lipinski definition) is 0. The van der Waals surface area contributed by atoms with Crippen LogP contribution in [0.25, 0.3) is 0 Å². The molecule has 4 nitrogen and oxygen atoms in total. The van der Waals surface area contributed by atoms with E-state index >= 15 is 0 Å². The smallest absolute Gasteiger partial charge is 0.334 e. The fourth-order valence-electron chi connectivity index (χ4n) is 1.09. The van der Waals surface area contributed by atoms with Gasteiger partial charge in [-0.15, -0.1) is 0 Å². The van der Waals surface area contributed by atoms with E-state index in [1.165, 1.54) is 0 Å². The molecule has 0 aromatic heterocycles. The summed E-state index contributed by atoms with van der Waals surface area (Å²) in [6.07, 6.45) is 1.89. The van der Waals surface area contributed by atoms with Gasteiger partial charge >= 0.3 is 7.60 Å². The van der Waals surface area contributed by atoms with Crippen molar-refractivity contribution in [2.75, 3.05) is 26.0 Å². The monoisotopic (exact) mass is 236 g/mol. The van der Waals surface area contributed by atoms with Gasteiger partial charge in [0.1, 0.15) is 0 Å². The SMILES string of the molecule is CCO/C=C(/C)CP(=O)(OCC)OCC. The van der Waals surface area contributed by atoms with Crippen molar-refractivity contribution in [1.29, 1.82) is 0 Å². The second-order valence-corrected chi connectivity index (χ2v) is 5.08. The first-order valence-electron chi connectivity index (χ1n) is 5.23. The number of rotatable bonds is 8. The van der Waals surface area contributed by atoms with Crippen LogP contribution in [0.4, 0.5) is 0 Å². The fraction of sp³-hybridized carbons (Fsp3) is 0.800. The van der Waals surface area contributed by atoms with E-state index in [4.69, 9.17) is 13.8 Å². The van der Waals surface area contributed by atoms with Crippen molar-refractivity contribution >= 4 is 7.60 Å². The van der Waals surface area contributed by atoms with Crippen molar-refractivity contribution in [3.8, 4) is 0 Å². The molecule has 0 heterocycles. The first kappa shape index (κ1) is 14.7. The van der Waals surface area contributed by atoms with Crippen LogP contribution in [0.15, 0.2) is 11.8 Å². The minimum absolute atomic E-state index is 0.286. The molecule has 0 bridgehead atoms. The third-order valence-electron chi connectivity index (χ3n) is 1.55. The first-order chi connectivity index (χ1) is 7.08. The third-order valence-corrected chi connectivity index (χ3v) is 3.74. The maximum Gasteiger partial charge on any atom is 0.334 e. The second kappa shape index (κ2) is 7.91. The quantitative estimate of drug-likeness (QED) is 0.479. The van der Waals surface area contributed by atoms with Gasteiger partial charge in [-0.2, -0.15) is 0 Å². The molecule has 0 saturated heterocycles. The Balaban J connectivity index is 4.33. The van der Waals surface area contributed by atoms with Crippen LogP contribution < -0.4 is 0 Å². The zero-order valence-corrected chi connectivity index (χ0v) is 10.9. The minimum Gasteiger partial charge on any atom is -0.502 e. The maximum atomic E-state index is 12.0. The summed E-state index contributed by atoms with van der Waals surface area (Å²) in [5, 5.41) is 0. The minimum atomic E-state index is -2.96. The van der Waals surface area contributed by atoms with Crippen molar-refractivity contribution < 1.29 is 18.3 Å². The molecule has 90 valence electrons. The molecule has 0 spiro atoms. The van der Waals surface area contributed by atoms with E-state index in [-0.39, 0.29) is 6.16 Å². The molecule has 0 unspecified atom stereocenters. The predicted molar refractivity (Wildman–Crippen MR) is 61.1 cm³/mol. The predicted octanol–water partition coefficient (Wildman–Crippen LogP) is 3.19. The molecule has 0 aromatic rings. The Morgan fingerprint density at radius 2 is 1.67 bits per heavy atom. The highest BCUT2D eigenvalue weighted by Gasteiger charge is 2.23. The molecular formula is C10H21O4P. The van der Waals surface area contributed by atoms with Crippen molar-refractivity contribution in [3.05, 3.63) is 11.8 Å². The van der Waals surface area contributed by atoms with E-state index in [0.717, 1.165) is 5.57 Å². The van der Waals surface area contributed by atoms with E-state index in [2.05, 4.69) is 0 Å². The number of hydrogen-bond acceptors (Lipinski definition) is 4. The lowest BCUT2D eigenvalue weighted by atomic mass is 10.4. The van der Waals surface area contributed by atoms with E-state index in [1.54, 1.807) is 20.1 Å². The lowest BCUT2D eigenvalue weighted by molar-refractivity contribution is 0.221. The molecule has 0 saturated carbocycles. The summed E-state index contributed by atoms with van der Waals surface area (Å²) in [6, 6.07) is 0. The summed E-state index contributed by atoms with van der Waals surface area (Å²) in [5.74, 6) is 0. The average molecular weight is 236 g/mol. The third kappa shape index (κ3) is 6.72. The van der Waals surface area contributed by atoms with Crippen LogP contribution in [0, 0.1) is 0 Å². The van der Waals surface area contributed by atoms with E-state index in [9.17, 15) is 4.57 Å². The van der Waals surface area contributed by atoms with Gasteiger partial charge in [0.15, 0.2) is 0 Å². The molecule has 0 N–H and O–H groups in total. The normalized spacial score (nSPS) is 12.9. The van der Waals surface area contributed by atoms with Gasteiger partial charge in [0.05, 0.1) is 32.2 Å². The van der Waals surface area contributed by atoms with E-state index in [0.29, 0.717) is 19.8 Å². The Labute approximate surface area is 92.1 Å². The molecule has 0 atom stereocenters. The van der Waals surface area contributed by atoms with Crippen molar-refractivity contribution in [3.63, 3.8) is 0 Å². The molecule has 0 fully saturated rings. The zero-order chi connectivity index (χ0) is 11.7. The summed E-state index contributed by atoms with van der Waals surface area (Å²) in [7, 11) is -2.96. The average Bonchev–Trinajstić information content (AvgIpc) is 2.15.